The average Bonchev–Trinajstić information content (AvgIpc) is 2.41. The van der Waals surface area contributed by atoms with E-state index in [0.29, 0.717) is 0 Å². The fraction of sp³-hybridized carbons (Fsp3) is 0.571. The molecule has 1 saturated heterocycles. The molecule has 1 heterocycles. The summed E-state index contributed by atoms with van der Waals surface area (Å²) in [4.78, 5) is 2.46. The number of nitrogens with zero attached hydrogens (tertiary/aromatic N) is 1. The molecule has 18 heavy (non-hydrogen) atoms. The van der Waals surface area contributed by atoms with Crippen LogP contribution in [0.1, 0.15) is 24.8 Å². The fourth-order valence-electron chi connectivity index (χ4n) is 2.17. The van der Waals surface area contributed by atoms with E-state index in [0.717, 1.165) is 24.5 Å². The second kappa shape index (κ2) is 8.35. The highest BCUT2D eigenvalue weighted by molar-refractivity contribution is 5.85. The molecule has 1 aliphatic heterocycles. The van der Waals surface area contributed by atoms with Crippen LogP contribution >= 0.6 is 12.4 Å². The molecule has 0 atom stereocenters. The van der Waals surface area contributed by atoms with Crippen molar-refractivity contribution in [3.05, 3.63) is 29.8 Å². The van der Waals surface area contributed by atoms with E-state index in [1.54, 1.807) is 0 Å². The van der Waals surface area contributed by atoms with Crippen LogP contribution < -0.4 is 4.74 Å². The lowest BCUT2D eigenvalue weighted by atomic mass is 10.1. The minimum atomic E-state index is 0. The molecule has 2 rings (SSSR count). The predicted molar refractivity (Wildman–Crippen MR) is 75.4 cm³/mol. The minimum absolute atomic E-state index is 0. The van der Waals surface area contributed by atoms with Crippen LogP contribution in [-0.4, -0.2) is 36.2 Å². The molecule has 0 unspecified atom stereocenters. The molecule has 1 fully saturated rings. The molecule has 0 spiro atoms. The van der Waals surface area contributed by atoms with Gasteiger partial charge < -0.3 is 9.84 Å². The van der Waals surface area contributed by atoms with Gasteiger partial charge in [-0.2, -0.15) is 0 Å². The van der Waals surface area contributed by atoms with Crippen LogP contribution in [-0.2, 0) is 6.61 Å². The van der Waals surface area contributed by atoms with Gasteiger partial charge in [0.1, 0.15) is 12.4 Å². The first kappa shape index (κ1) is 15.3. The fourth-order valence-corrected chi connectivity index (χ4v) is 2.17. The van der Waals surface area contributed by atoms with Crippen LogP contribution in [0.3, 0.4) is 0 Å². The Kier molecular flexibility index (Phi) is 7.09. The smallest absolute Gasteiger partial charge is 0.119 e. The molecule has 0 aromatic heterocycles. The normalized spacial score (nSPS) is 16.1. The number of likely N-dealkylation sites (tertiary alicyclic amines) is 1. The van der Waals surface area contributed by atoms with E-state index in [1.165, 1.54) is 32.4 Å². The highest BCUT2D eigenvalue weighted by Gasteiger charge is 2.09. The number of aliphatic hydroxyl groups is 1. The molecule has 3 nitrogen and oxygen atoms in total. The summed E-state index contributed by atoms with van der Waals surface area (Å²) < 4.78 is 5.68. The van der Waals surface area contributed by atoms with Crippen molar-refractivity contribution >= 4 is 12.4 Å². The van der Waals surface area contributed by atoms with Crippen molar-refractivity contribution in [3.63, 3.8) is 0 Å². The molecule has 0 amide bonds. The summed E-state index contributed by atoms with van der Waals surface area (Å²) in [5.74, 6) is 0.888. The van der Waals surface area contributed by atoms with E-state index in [9.17, 15) is 0 Å². The van der Waals surface area contributed by atoms with Gasteiger partial charge in [0, 0.05) is 6.54 Å². The van der Waals surface area contributed by atoms with Gasteiger partial charge in [-0.15, -0.1) is 12.4 Å². The number of benzene rings is 1. The Balaban J connectivity index is 0.00000162. The van der Waals surface area contributed by atoms with Crippen molar-refractivity contribution in [1.29, 1.82) is 0 Å². The zero-order valence-corrected chi connectivity index (χ0v) is 11.5. The number of piperidine rings is 1. The lowest BCUT2D eigenvalue weighted by Gasteiger charge is -2.26. The summed E-state index contributed by atoms with van der Waals surface area (Å²) in [5, 5.41) is 8.93. The molecule has 0 radical (unpaired) electrons. The molecule has 4 heteroatoms. The standard InChI is InChI=1S/C14H21NO2.ClH/c16-12-13-4-6-14(7-5-13)17-11-10-15-8-2-1-3-9-15;/h4-7,16H,1-3,8-12H2;1H. The van der Waals surface area contributed by atoms with Crippen molar-refractivity contribution in [3.8, 4) is 5.75 Å². The maximum Gasteiger partial charge on any atom is 0.119 e. The molecule has 1 aromatic rings. The highest BCUT2D eigenvalue weighted by Crippen LogP contribution is 2.13. The summed E-state index contributed by atoms with van der Waals surface area (Å²) in [6.07, 6.45) is 4.02. The van der Waals surface area contributed by atoms with E-state index in [2.05, 4.69) is 4.90 Å². The van der Waals surface area contributed by atoms with Crippen LogP contribution in [0.5, 0.6) is 5.75 Å². The molecule has 1 N–H and O–H groups in total. The van der Waals surface area contributed by atoms with Crippen LogP contribution in [0, 0.1) is 0 Å². The third-order valence-electron chi connectivity index (χ3n) is 3.23. The van der Waals surface area contributed by atoms with E-state index < -0.39 is 0 Å². The van der Waals surface area contributed by atoms with Crippen LogP contribution in [0.15, 0.2) is 24.3 Å². The predicted octanol–water partition coefficient (Wildman–Crippen LogP) is 2.47. The Morgan fingerprint density at radius 1 is 1.06 bits per heavy atom. The molecule has 1 aliphatic rings. The average molecular weight is 272 g/mol. The van der Waals surface area contributed by atoms with Crippen molar-refractivity contribution in [1.82, 2.24) is 4.90 Å². The molecule has 0 bridgehead atoms. The van der Waals surface area contributed by atoms with Gasteiger partial charge in [0.2, 0.25) is 0 Å². The van der Waals surface area contributed by atoms with Gasteiger partial charge in [0.15, 0.2) is 0 Å². The number of rotatable bonds is 5. The maximum atomic E-state index is 8.93. The Morgan fingerprint density at radius 3 is 2.33 bits per heavy atom. The number of ether oxygens (including phenoxy) is 1. The van der Waals surface area contributed by atoms with E-state index in [-0.39, 0.29) is 19.0 Å². The summed E-state index contributed by atoms with van der Waals surface area (Å²) in [6, 6.07) is 7.63. The van der Waals surface area contributed by atoms with Gasteiger partial charge in [0.05, 0.1) is 6.61 Å². The minimum Gasteiger partial charge on any atom is -0.492 e. The molecule has 0 saturated carbocycles. The first-order valence-electron chi connectivity index (χ1n) is 6.43. The zero-order valence-electron chi connectivity index (χ0n) is 10.7. The topological polar surface area (TPSA) is 32.7 Å². The van der Waals surface area contributed by atoms with Crippen molar-refractivity contribution in [2.24, 2.45) is 0 Å². The number of aliphatic hydroxyl groups excluding tert-OH is 1. The van der Waals surface area contributed by atoms with Gasteiger partial charge in [0.25, 0.3) is 0 Å². The lowest BCUT2D eigenvalue weighted by Crippen LogP contribution is -2.33. The number of hydrogen-bond donors (Lipinski definition) is 1. The van der Waals surface area contributed by atoms with E-state index >= 15 is 0 Å². The first-order valence-corrected chi connectivity index (χ1v) is 6.43. The van der Waals surface area contributed by atoms with Crippen LogP contribution in [0.25, 0.3) is 0 Å². The molecule has 102 valence electrons. The monoisotopic (exact) mass is 271 g/mol. The molecular formula is C14H22ClNO2. The molecular weight excluding hydrogens is 250 g/mol. The van der Waals surface area contributed by atoms with Crippen molar-refractivity contribution in [2.75, 3.05) is 26.2 Å². The maximum absolute atomic E-state index is 8.93. The van der Waals surface area contributed by atoms with Gasteiger partial charge in [-0.1, -0.05) is 18.6 Å². The molecule has 1 aromatic carbocycles. The summed E-state index contributed by atoms with van der Waals surface area (Å²) in [6.45, 7) is 4.29. The second-order valence-corrected chi connectivity index (χ2v) is 4.55. The van der Waals surface area contributed by atoms with Gasteiger partial charge in [-0.25, -0.2) is 0 Å². The van der Waals surface area contributed by atoms with Gasteiger partial charge >= 0.3 is 0 Å². The zero-order chi connectivity index (χ0) is 11.9. The first-order chi connectivity index (χ1) is 8.38. The summed E-state index contributed by atoms with van der Waals surface area (Å²) >= 11 is 0. The quantitative estimate of drug-likeness (QED) is 0.893. The number of hydrogen-bond acceptors (Lipinski definition) is 3. The Labute approximate surface area is 115 Å². The Bertz CT molecular complexity index is 323. The van der Waals surface area contributed by atoms with Gasteiger partial charge in [-0.05, 0) is 43.6 Å². The molecule has 0 aliphatic carbocycles. The van der Waals surface area contributed by atoms with Crippen molar-refractivity contribution < 1.29 is 9.84 Å². The number of halogens is 1. The van der Waals surface area contributed by atoms with Gasteiger partial charge in [-0.3, -0.25) is 4.90 Å². The van der Waals surface area contributed by atoms with Crippen molar-refractivity contribution in [2.45, 2.75) is 25.9 Å². The Morgan fingerprint density at radius 2 is 1.72 bits per heavy atom. The third kappa shape index (κ3) is 4.84. The third-order valence-corrected chi connectivity index (χ3v) is 3.23. The van der Waals surface area contributed by atoms with Crippen LogP contribution in [0.4, 0.5) is 0 Å². The Hall–Kier alpha value is -0.770. The summed E-state index contributed by atoms with van der Waals surface area (Å²) in [5.41, 5.74) is 0.924. The van der Waals surface area contributed by atoms with E-state index in [1.807, 2.05) is 24.3 Å². The summed E-state index contributed by atoms with van der Waals surface area (Å²) in [7, 11) is 0. The second-order valence-electron chi connectivity index (χ2n) is 4.55. The largest absolute Gasteiger partial charge is 0.492 e. The van der Waals surface area contributed by atoms with E-state index in [4.69, 9.17) is 9.84 Å². The lowest BCUT2D eigenvalue weighted by molar-refractivity contribution is 0.183. The van der Waals surface area contributed by atoms with Crippen LogP contribution in [0.2, 0.25) is 0 Å². The SMILES string of the molecule is Cl.OCc1ccc(OCCN2CCCCC2)cc1. The highest BCUT2D eigenvalue weighted by atomic mass is 35.5.